The van der Waals surface area contributed by atoms with Crippen LogP contribution in [0, 0.1) is 0 Å². The maximum atomic E-state index is 12.1. The third kappa shape index (κ3) is 3.59. The second-order valence-electron chi connectivity index (χ2n) is 4.93. The Kier molecular flexibility index (Phi) is 4.57. The number of hydrogen-bond acceptors (Lipinski definition) is 4. The number of imide groups is 1. The van der Waals surface area contributed by atoms with Crippen molar-refractivity contribution in [3.63, 3.8) is 0 Å². The molecule has 0 aliphatic heterocycles. The van der Waals surface area contributed by atoms with Crippen LogP contribution in [-0.4, -0.2) is 31.1 Å². The largest absolute Gasteiger partial charge is 0.455 e. The first-order chi connectivity index (χ1) is 10.1. The van der Waals surface area contributed by atoms with Gasteiger partial charge in [0.05, 0.1) is 5.41 Å². The molecular weight excluding hydrogens is 272 g/mol. The number of esters is 1. The van der Waals surface area contributed by atoms with Crippen molar-refractivity contribution in [3.8, 4) is 0 Å². The van der Waals surface area contributed by atoms with Crippen molar-refractivity contribution in [2.45, 2.75) is 25.2 Å². The summed E-state index contributed by atoms with van der Waals surface area (Å²) in [5.74, 6) is -1.06. The van der Waals surface area contributed by atoms with Gasteiger partial charge < -0.3 is 10.1 Å². The highest BCUT2D eigenvalue weighted by molar-refractivity contribution is 5.96. The number of amides is 3. The summed E-state index contributed by atoms with van der Waals surface area (Å²) < 4.78 is 5.03. The molecule has 0 radical (unpaired) electrons. The Labute approximate surface area is 122 Å². The van der Waals surface area contributed by atoms with E-state index < -0.39 is 29.9 Å². The van der Waals surface area contributed by atoms with Gasteiger partial charge in [0.15, 0.2) is 6.61 Å². The number of rotatable bonds is 5. The zero-order valence-corrected chi connectivity index (χ0v) is 11.8. The zero-order valence-electron chi connectivity index (χ0n) is 11.8. The Hall–Kier alpha value is -2.37. The molecule has 2 N–H and O–H groups in total. The lowest BCUT2D eigenvalue weighted by Crippen LogP contribution is -2.41. The topological polar surface area (TPSA) is 84.5 Å². The second kappa shape index (κ2) is 6.39. The molecule has 6 heteroatoms. The number of hydrogen-bond donors (Lipinski definition) is 2. The maximum absolute atomic E-state index is 12.1. The fourth-order valence-electron chi connectivity index (χ4n) is 2.13. The minimum atomic E-state index is -0.641. The summed E-state index contributed by atoms with van der Waals surface area (Å²) in [6, 6.07) is 8.77. The molecule has 1 aliphatic rings. The van der Waals surface area contributed by atoms with E-state index in [1.54, 1.807) is 6.92 Å². The molecule has 3 amide bonds. The molecule has 0 atom stereocenters. The first-order valence-electron chi connectivity index (χ1n) is 6.89. The minimum absolute atomic E-state index is 0.413. The van der Waals surface area contributed by atoms with E-state index in [1.165, 1.54) is 0 Å². The van der Waals surface area contributed by atoms with Crippen LogP contribution in [0.15, 0.2) is 30.3 Å². The third-order valence-electron chi connectivity index (χ3n) is 3.39. The van der Waals surface area contributed by atoms with E-state index in [2.05, 4.69) is 10.6 Å². The molecule has 1 aromatic carbocycles. The van der Waals surface area contributed by atoms with E-state index in [9.17, 15) is 14.4 Å². The summed E-state index contributed by atoms with van der Waals surface area (Å²) in [7, 11) is 0. The Bertz CT molecular complexity index is 538. The number of urea groups is 1. The van der Waals surface area contributed by atoms with E-state index in [-0.39, 0.29) is 0 Å². The molecule has 6 nitrogen and oxygen atoms in total. The van der Waals surface area contributed by atoms with Gasteiger partial charge in [-0.2, -0.15) is 0 Å². The predicted molar refractivity (Wildman–Crippen MR) is 75.5 cm³/mol. The average molecular weight is 290 g/mol. The van der Waals surface area contributed by atoms with Gasteiger partial charge in [-0.1, -0.05) is 30.3 Å². The van der Waals surface area contributed by atoms with Gasteiger partial charge in [0, 0.05) is 6.54 Å². The van der Waals surface area contributed by atoms with Gasteiger partial charge in [-0.3, -0.25) is 14.9 Å². The van der Waals surface area contributed by atoms with Gasteiger partial charge in [0.2, 0.25) is 0 Å². The fourth-order valence-corrected chi connectivity index (χ4v) is 2.13. The van der Waals surface area contributed by atoms with Crippen molar-refractivity contribution >= 4 is 17.9 Å². The first-order valence-corrected chi connectivity index (χ1v) is 6.89. The molecule has 1 fully saturated rings. The van der Waals surface area contributed by atoms with Crippen molar-refractivity contribution < 1.29 is 19.1 Å². The molecule has 1 saturated carbocycles. The van der Waals surface area contributed by atoms with Crippen LogP contribution in [-0.2, 0) is 19.7 Å². The number of carbonyl (C=O) groups is 3. The van der Waals surface area contributed by atoms with Crippen LogP contribution in [0.2, 0.25) is 0 Å². The summed E-state index contributed by atoms with van der Waals surface area (Å²) in [5.41, 5.74) is 0.284. The van der Waals surface area contributed by atoms with Crippen molar-refractivity contribution in [2.24, 2.45) is 0 Å². The quantitative estimate of drug-likeness (QED) is 0.796. The number of nitrogens with one attached hydrogen (secondary N) is 2. The molecule has 0 bridgehead atoms. The van der Waals surface area contributed by atoms with Crippen LogP contribution >= 0.6 is 0 Å². The molecule has 0 saturated heterocycles. The fraction of sp³-hybridized carbons (Fsp3) is 0.400. The van der Waals surface area contributed by atoms with Crippen LogP contribution in [0.1, 0.15) is 25.3 Å². The Morgan fingerprint density at radius 3 is 2.43 bits per heavy atom. The van der Waals surface area contributed by atoms with Crippen molar-refractivity contribution in [1.29, 1.82) is 0 Å². The molecule has 112 valence electrons. The molecule has 0 aromatic heterocycles. The lowest BCUT2D eigenvalue weighted by atomic mass is 9.96. The summed E-state index contributed by atoms with van der Waals surface area (Å²) in [4.78, 5) is 34.8. The lowest BCUT2D eigenvalue weighted by Gasteiger charge is -2.14. The molecule has 1 aliphatic carbocycles. The van der Waals surface area contributed by atoms with E-state index in [1.807, 2.05) is 30.3 Å². The average Bonchev–Trinajstić information content (AvgIpc) is 3.27. The number of benzene rings is 1. The van der Waals surface area contributed by atoms with Crippen molar-refractivity contribution in [3.05, 3.63) is 35.9 Å². The van der Waals surface area contributed by atoms with E-state index >= 15 is 0 Å². The van der Waals surface area contributed by atoms with Crippen molar-refractivity contribution in [1.82, 2.24) is 10.6 Å². The van der Waals surface area contributed by atoms with Crippen LogP contribution in [0.4, 0.5) is 4.79 Å². The summed E-state index contributed by atoms with van der Waals surface area (Å²) in [6.07, 6.45) is 1.43. The molecule has 0 heterocycles. The molecular formula is C15H18N2O4. The molecule has 0 unspecified atom stereocenters. The van der Waals surface area contributed by atoms with E-state index in [0.29, 0.717) is 19.4 Å². The highest BCUT2D eigenvalue weighted by Gasteiger charge is 2.52. The van der Waals surface area contributed by atoms with E-state index in [0.717, 1.165) is 5.56 Å². The lowest BCUT2D eigenvalue weighted by molar-refractivity contribution is -0.150. The van der Waals surface area contributed by atoms with Gasteiger partial charge in [-0.25, -0.2) is 4.79 Å². The standard InChI is InChI=1S/C15H18N2O4/c1-2-16-14(20)17-12(18)10-21-13(19)15(8-9-15)11-6-4-3-5-7-11/h3-7H,2,8-10H2,1H3,(H2,16,17,18,20). The Morgan fingerprint density at radius 1 is 1.19 bits per heavy atom. The minimum Gasteiger partial charge on any atom is -0.455 e. The monoisotopic (exact) mass is 290 g/mol. The van der Waals surface area contributed by atoms with Crippen LogP contribution < -0.4 is 10.6 Å². The predicted octanol–water partition coefficient (Wildman–Crippen LogP) is 1.11. The van der Waals surface area contributed by atoms with Gasteiger partial charge in [-0.15, -0.1) is 0 Å². The van der Waals surface area contributed by atoms with Crippen LogP contribution in [0.5, 0.6) is 0 Å². The third-order valence-corrected chi connectivity index (χ3v) is 3.39. The first kappa shape index (κ1) is 15.0. The summed E-state index contributed by atoms with van der Waals surface area (Å²) >= 11 is 0. The van der Waals surface area contributed by atoms with Gasteiger partial charge in [0.1, 0.15) is 0 Å². The molecule has 1 aromatic rings. The Morgan fingerprint density at radius 2 is 1.86 bits per heavy atom. The normalized spacial score (nSPS) is 14.9. The maximum Gasteiger partial charge on any atom is 0.321 e. The van der Waals surface area contributed by atoms with E-state index in [4.69, 9.17) is 4.74 Å². The molecule has 0 spiro atoms. The van der Waals surface area contributed by atoms with Gasteiger partial charge >= 0.3 is 12.0 Å². The summed E-state index contributed by atoms with van der Waals surface area (Å²) in [6.45, 7) is 1.70. The number of ether oxygens (including phenoxy) is 1. The van der Waals surface area contributed by atoms with Gasteiger partial charge in [-0.05, 0) is 25.3 Å². The second-order valence-corrected chi connectivity index (χ2v) is 4.93. The molecule has 21 heavy (non-hydrogen) atoms. The van der Waals surface area contributed by atoms with Gasteiger partial charge in [0.25, 0.3) is 5.91 Å². The zero-order chi connectivity index (χ0) is 15.3. The highest BCUT2D eigenvalue weighted by Crippen LogP contribution is 2.49. The van der Waals surface area contributed by atoms with Crippen LogP contribution in [0.3, 0.4) is 0 Å². The molecule has 2 rings (SSSR count). The number of carbonyl (C=O) groups excluding carboxylic acids is 3. The highest BCUT2D eigenvalue weighted by atomic mass is 16.5. The smallest absolute Gasteiger partial charge is 0.321 e. The van der Waals surface area contributed by atoms with Crippen molar-refractivity contribution in [2.75, 3.05) is 13.2 Å². The summed E-state index contributed by atoms with van der Waals surface area (Å²) in [5, 5.41) is 4.50. The SMILES string of the molecule is CCNC(=O)NC(=O)COC(=O)C1(c2ccccc2)CC1. The van der Waals surface area contributed by atoms with Crippen LogP contribution in [0.25, 0.3) is 0 Å². The Balaban J connectivity index is 1.85.